The molecule has 0 N–H and O–H groups in total. The van der Waals surface area contributed by atoms with Crippen LogP contribution in [0.25, 0.3) is 11.3 Å². The number of methoxy groups -OCH3 is 1. The lowest BCUT2D eigenvalue weighted by atomic mass is 9.96. The van der Waals surface area contributed by atoms with Gasteiger partial charge in [-0.15, -0.1) is 0 Å². The molecule has 0 radical (unpaired) electrons. The van der Waals surface area contributed by atoms with Crippen LogP contribution in [-0.4, -0.2) is 12.9 Å². The number of pyridine rings is 1. The monoisotopic (exact) mass is 266 g/mol. The molecule has 20 heavy (non-hydrogen) atoms. The second-order valence-electron chi connectivity index (χ2n) is 5.43. The quantitative estimate of drug-likeness (QED) is 0.742. The number of Topliss-reactive ketones (excluding diaryl/α,β-unsaturated/α-hetero) is 1. The highest BCUT2D eigenvalue weighted by atomic mass is 16.5. The van der Waals surface area contributed by atoms with Crippen LogP contribution >= 0.6 is 0 Å². The summed E-state index contributed by atoms with van der Waals surface area (Å²) in [6, 6.07) is 10.3. The lowest BCUT2D eigenvalue weighted by Gasteiger charge is -2.17. The standard InChI is InChI=1S/C17H16NO2/c1-20-12-2-3-13-11(10-12)8-9-18-15(13)5-4-14-16(18)6-7-17(14)19/h2-5,10H,6-9H2,1H3/q+1. The molecule has 0 saturated carbocycles. The van der Waals surface area contributed by atoms with Crippen molar-refractivity contribution in [3.63, 3.8) is 0 Å². The number of fused-ring (bicyclic) bond motifs is 5. The first-order chi connectivity index (χ1) is 9.78. The summed E-state index contributed by atoms with van der Waals surface area (Å²) in [7, 11) is 1.70. The lowest BCUT2D eigenvalue weighted by molar-refractivity contribution is -0.694. The average Bonchev–Trinajstić information content (AvgIpc) is 2.88. The molecule has 3 heteroatoms. The predicted octanol–water partition coefficient (Wildman–Crippen LogP) is 2.33. The van der Waals surface area contributed by atoms with Crippen LogP contribution in [0.2, 0.25) is 0 Å². The van der Waals surface area contributed by atoms with E-state index in [1.807, 2.05) is 12.1 Å². The molecule has 3 nitrogen and oxygen atoms in total. The summed E-state index contributed by atoms with van der Waals surface area (Å²) in [6.07, 6.45) is 2.54. The van der Waals surface area contributed by atoms with Gasteiger partial charge in [0.25, 0.3) is 0 Å². The van der Waals surface area contributed by atoms with Crippen LogP contribution in [0, 0.1) is 0 Å². The second-order valence-corrected chi connectivity index (χ2v) is 5.43. The van der Waals surface area contributed by atoms with Gasteiger partial charge in [-0.3, -0.25) is 4.79 Å². The van der Waals surface area contributed by atoms with Gasteiger partial charge in [0.2, 0.25) is 5.69 Å². The summed E-state index contributed by atoms with van der Waals surface area (Å²) in [6.45, 7) is 0.950. The van der Waals surface area contributed by atoms with Crippen molar-refractivity contribution in [1.29, 1.82) is 0 Å². The van der Waals surface area contributed by atoms with E-state index in [2.05, 4.69) is 22.8 Å². The van der Waals surface area contributed by atoms with Crippen LogP contribution in [0.15, 0.2) is 30.3 Å². The Hall–Kier alpha value is -2.16. The summed E-state index contributed by atoms with van der Waals surface area (Å²) < 4.78 is 7.63. The Bertz CT molecular complexity index is 734. The second kappa shape index (κ2) is 4.17. The van der Waals surface area contributed by atoms with Crippen LogP contribution < -0.4 is 9.30 Å². The van der Waals surface area contributed by atoms with Crippen LogP contribution in [0.4, 0.5) is 0 Å². The van der Waals surface area contributed by atoms with Crippen molar-refractivity contribution in [2.24, 2.45) is 0 Å². The van der Waals surface area contributed by atoms with Crippen molar-refractivity contribution in [1.82, 2.24) is 0 Å². The van der Waals surface area contributed by atoms with Gasteiger partial charge in [-0.2, -0.15) is 4.57 Å². The Kier molecular flexibility index (Phi) is 2.43. The number of rotatable bonds is 1. The van der Waals surface area contributed by atoms with Crippen LogP contribution in [0.1, 0.15) is 28.0 Å². The number of hydrogen-bond donors (Lipinski definition) is 0. The van der Waals surface area contributed by atoms with E-state index in [0.717, 1.165) is 30.7 Å². The van der Waals surface area contributed by atoms with E-state index < -0.39 is 0 Å². The maximum atomic E-state index is 11.9. The lowest BCUT2D eigenvalue weighted by Crippen LogP contribution is -2.44. The Labute approximate surface area is 117 Å². The highest BCUT2D eigenvalue weighted by Crippen LogP contribution is 2.31. The maximum absolute atomic E-state index is 11.9. The molecule has 0 unspecified atom stereocenters. The highest BCUT2D eigenvalue weighted by molar-refractivity contribution is 5.99. The molecule has 1 aliphatic carbocycles. The predicted molar refractivity (Wildman–Crippen MR) is 75.0 cm³/mol. The van der Waals surface area contributed by atoms with Crippen molar-refractivity contribution in [3.05, 3.63) is 47.2 Å². The van der Waals surface area contributed by atoms with E-state index in [0.29, 0.717) is 6.42 Å². The zero-order chi connectivity index (χ0) is 13.7. The van der Waals surface area contributed by atoms with Gasteiger partial charge in [-0.25, -0.2) is 0 Å². The van der Waals surface area contributed by atoms with Crippen molar-refractivity contribution in [2.75, 3.05) is 7.11 Å². The minimum absolute atomic E-state index is 0.288. The SMILES string of the molecule is COc1ccc2c(c1)CC[n+]1c-2ccc2c1CCC2=O. The number of carbonyl (C=O) groups excluding carboxylic acids is 1. The first kappa shape index (κ1) is 11.6. The van der Waals surface area contributed by atoms with Crippen molar-refractivity contribution >= 4 is 5.78 Å². The van der Waals surface area contributed by atoms with Gasteiger partial charge in [0.1, 0.15) is 5.75 Å². The maximum Gasteiger partial charge on any atom is 0.213 e. The zero-order valence-corrected chi connectivity index (χ0v) is 11.5. The van der Waals surface area contributed by atoms with E-state index in [9.17, 15) is 4.79 Å². The first-order valence-electron chi connectivity index (χ1n) is 7.04. The molecule has 2 aromatic rings. The highest BCUT2D eigenvalue weighted by Gasteiger charge is 2.33. The van der Waals surface area contributed by atoms with Gasteiger partial charge in [0.05, 0.1) is 12.7 Å². The Morgan fingerprint density at radius 1 is 1.05 bits per heavy atom. The number of carbonyl (C=O) groups is 1. The number of nitrogens with zero attached hydrogens (tertiary/aromatic N) is 1. The summed E-state index contributed by atoms with van der Waals surface area (Å²) in [5, 5.41) is 0. The van der Waals surface area contributed by atoms with Crippen LogP contribution in [-0.2, 0) is 19.4 Å². The summed E-state index contributed by atoms with van der Waals surface area (Å²) >= 11 is 0. The average molecular weight is 266 g/mol. The van der Waals surface area contributed by atoms with Crippen LogP contribution in [0.3, 0.4) is 0 Å². The van der Waals surface area contributed by atoms with Crippen LogP contribution in [0.5, 0.6) is 5.75 Å². The van der Waals surface area contributed by atoms with Gasteiger partial charge in [0, 0.05) is 30.9 Å². The molecule has 0 saturated heterocycles. The molecule has 1 aromatic heterocycles. The van der Waals surface area contributed by atoms with E-state index in [-0.39, 0.29) is 5.78 Å². The summed E-state index contributed by atoms with van der Waals surface area (Å²) in [5.74, 6) is 1.20. The minimum atomic E-state index is 0.288. The molecule has 0 fully saturated rings. The molecule has 0 atom stereocenters. The third-order valence-electron chi connectivity index (χ3n) is 4.42. The van der Waals surface area contributed by atoms with Gasteiger partial charge in [0.15, 0.2) is 18.0 Å². The van der Waals surface area contributed by atoms with Crippen molar-refractivity contribution in [3.8, 4) is 17.0 Å². The Morgan fingerprint density at radius 2 is 1.90 bits per heavy atom. The van der Waals surface area contributed by atoms with E-state index >= 15 is 0 Å². The number of ether oxygens (including phenoxy) is 1. The fraction of sp³-hybridized carbons (Fsp3) is 0.294. The zero-order valence-electron chi connectivity index (χ0n) is 11.5. The van der Waals surface area contributed by atoms with Gasteiger partial charge >= 0.3 is 0 Å². The Morgan fingerprint density at radius 3 is 2.75 bits per heavy atom. The fourth-order valence-corrected chi connectivity index (χ4v) is 3.41. The topological polar surface area (TPSA) is 30.2 Å². The van der Waals surface area contributed by atoms with Gasteiger partial charge in [-0.1, -0.05) is 0 Å². The molecule has 100 valence electrons. The number of aromatic nitrogens is 1. The van der Waals surface area contributed by atoms with Crippen molar-refractivity contribution < 1.29 is 14.1 Å². The van der Waals surface area contributed by atoms with Crippen molar-refractivity contribution in [2.45, 2.75) is 25.8 Å². The third kappa shape index (κ3) is 1.52. The third-order valence-corrected chi connectivity index (χ3v) is 4.42. The molecule has 0 amide bonds. The fourth-order valence-electron chi connectivity index (χ4n) is 3.41. The van der Waals surface area contributed by atoms with Gasteiger partial charge < -0.3 is 4.74 Å². The van der Waals surface area contributed by atoms with E-state index in [1.54, 1.807) is 7.11 Å². The smallest absolute Gasteiger partial charge is 0.213 e. The largest absolute Gasteiger partial charge is 0.497 e. The molecule has 0 bridgehead atoms. The van der Waals surface area contributed by atoms with Gasteiger partial charge in [-0.05, 0) is 29.8 Å². The first-order valence-corrected chi connectivity index (χ1v) is 7.04. The summed E-state index contributed by atoms with van der Waals surface area (Å²) in [4.78, 5) is 11.9. The summed E-state index contributed by atoms with van der Waals surface area (Å²) in [5.41, 5.74) is 5.95. The molecule has 1 aliphatic heterocycles. The molecule has 0 spiro atoms. The Balaban J connectivity index is 1.92. The molecular weight excluding hydrogens is 250 g/mol. The molecule has 2 aliphatic rings. The number of benzene rings is 1. The molecule has 4 rings (SSSR count). The number of hydrogen-bond acceptors (Lipinski definition) is 2. The molecular formula is C17H16NO2+. The normalized spacial score (nSPS) is 15.6. The molecule has 2 heterocycles. The number of aryl methyl sites for hydroxylation is 1. The van der Waals surface area contributed by atoms with E-state index in [1.165, 1.54) is 22.5 Å². The minimum Gasteiger partial charge on any atom is -0.497 e. The number of ketones is 1. The van der Waals surface area contributed by atoms with E-state index in [4.69, 9.17) is 4.74 Å². The molecule has 1 aromatic carbocycles.